The summed E-state index contributed by atoms with van der Waals surface area (Å²) in [6, 6.07) is 5.76. The van der Waals surface area contributed by atoms with Gasteiger partial charge in [-0.1, -0.05) is 0 Å². The monoisotopic (exact) mass is 398 g/mol. The van der Waals surface area contributed by atoms with Crippen molar-refractivity contribution >= 4 is 21.9 Å². The lowest BCUT2D eigenvalue weighted by atomic mass is 10.2. The van der Waals surface area contributed by atoms with Crippen LogP contribution >= 0.6 is 0 Å². The summed E-state index contributed by atoms with van der Waals surface area (Å²) in [5, 5.41) is 8.78. The lowest BCUT2D eigenvalue weighted by Gasteiger charge is -2.34. The lowest BCUT2D eigenvalue weighted by molar-refractivity contribution is -0.137. The van der Waals surface area contributed by atoms with E-state index in [0.29, 0.717) is 12.1 Å². The van der Waals surface area contributed by atoms with Crippen LogP contribution in [0.25, 0.3) is 0 Å². The molecule has 0 saturated carbocycles. The molecule has 1 N–H and O–H groups in total. The summed E-state index contributed by atoms with van der Waals surface area (Å²) in [6.07, 6.45) is -0.507. The van der Waals surface area contributed by atoms with E-state index >= 15 is 0 Å². The van der Waals surface area contributed by atoms with Gasteiger partial charge in [0.15, 0.2) is 0 Å². The van der Waals surface area contributed by atoms with Gasteiger partial charge in [-0.25, -0.2) is 8.42 Å². The third-order valence-electron chi connectivity index (χ3n) is 4.39. The Labute approximate surface area is 159 Å². The van der Waals surface area contributed by atoms with Gasteiger partial charge in [0.2, 0.25) is 10.0 Å². The molecule has 0 radical (unpaired) electrons. The highest BCUT2D eigenvalue weighted by molar-refractivity contribution is 7.89. The van der Waals surface area contributed by atoms with E-state index in [-0.39, 0.29) is 49.1 Å². The molecule has 1 aromatic rings. The molecule has 1 saturated heterocycles. The van der Waals surface area contributed by atoms with E-state index in [1.165, 1.54) is 33.5 Å². The second-order valence-corrected chi connectivity index (χ2v) is 8.57. The highest BCUT2D eigenvalue weighted by Crippen LogP contribution is 2.21. The number of carbonyl (C=O) groups is 2. The second-order valence-electron chi connectivity index (χ2n) is 6.63. The molecule has 8 nitrogen and oxygen atoms in total. The molecular formula is C18H26N2O6S. The number of hydrogen-bond donors (Lipinski definition) is 1. The highest BCUT2D eigenvalue weighted by Gasteiger charge is 2.32. The van der Waals surface area contributed by atoms with Gasteiger partial charge in [0.1, 0.15) is 0 Å². The van der Waals surface area contributed by atoms with Crippen LogP contribution in [0.15, 0.2) is 29.2 Å². The van der Waals surface area contributed by atoms with Gasteiger partial charge in [-0.15, -0.1) is 0 Å². The van der Waals surface area contributed by atoms with Crippen molar-refractivity contribution < 1.29 is 27.9 Å². The topological polar surface area (TPSA) is 104 Å². The number of ether oxygens (including phenoxy) is 1. The molecule has 0 spiro atoms. The minimum atomic E-state index is -3.67. The van der Waals surface area contributed by atoms with E-state index in [0.717, 1.165) is 0 Å². The Hall–Kier alpha value is -1.97. The van der Waals surface area contributed by atoms with Gasteiger partial charge < -0.3 is 14.7 Å². The molecule has 9 heteroatoms. The van der Waals surface area contributed by atoms with Gasteiger partial charge in [0, 0.05) is 31.7 Å². The van der Waals surface area contributed by atoms with Crippen LogP contribution in [0.4, 0.5) is 0 Å². The minimum absolute atomic E-state index is 0.105. The SMILES string of the molecule is CCN(CCC(=O)O)C(=O)c1ccc(S(=O)(=O)N2CC(C)OC(C)C2)cc1. The largest absolute Gasteiger partial charge is 0.481 e. The molecule has 2 atom stereocenters. The fraction of sp³-hybridized carbons (Fsp3) is 0.556. The first-order chi connectivity index (χ1) is 12.6. The smallest absolute Gasteiger partial charge is 0.305 e. The summed E-state index contributed by atoms with van der Waals surface area (Å²) in [4.78, 5) is 24.7. The maximum absolute atomic E-state index is 12.8. The summed E-state index contributed by atoms with van der Waals surface area (Å²) in [6.45, 7) is 6.47. The molecule has 2 rings (SSSR count). The number of sulfonamides is 1. The Morgan fingerprint density at radius 1 is 1.19 bits per heavy atom. The zero-order chi connectivity index (χ0) is 20.2. The predicted molar refractivity (Wildman–Crippen MR) is 99.0 cm³/mol. The fourth-order valence-electron chi connectivity index (χ4n) is 3.06. The van der Waals surface area contributed by atoms with Crippen LogP contribution in [0.3, 0.4) is 0 Å². The van der Waals surface area contributed by atoms with E-state index in [1.54, 1.807) is 6.92 Å². The zero-order valence-corrected chi connectivity index (χ0v) is 16.6. The van der Waals surface area contributed by atoms with E-state index < -0.39 is 16.0 Å². The van der Waals surface area contributed by atoms with Gasteiger partial charge in [-0.3, -0.25) is 9.59 Å². The molecule has 1 aliphatic rings. The first kappa shape index (κ1) is 21.3. The maximum Gasteiger partial charge on any atom is 0.305 e. The van der Waals surface area contributed by atoms with Crippen LogP contribution in [-0.4, -0.2) is 73.0 Å². The molecule has 27 heavy (non-hydrogen) atoms. The molecule has 1 heterocycles. The quantitative estimate of drug-likeness (QED) is 0.745. The average molecular weight is 398 g/mol. The molecule has 0 bridgehead atoms. The minimum Gasteiger partial charge on any atom is -0.481 e. The number of benzene rings is 1. The number of morpholine rings is 1. The summed E-state index contributed by atoms with van der Waals surface area (Å²) in [5.74, 6) is -1.30. The number of carboxylic acid groups (broad SMARTS) is 1. The molecule has 1 aliphatic heterocycles. The fourth-order valence-corrected chi connectivity index (χ4v) is 4.65. The number of rotatable bonds is 7. The van der Waals surface area contributed by atoms with Gasteiger partial charge in [-0.2, -0.15) is 4.31 Å². The Bertz CT molecular complexity index is 768. The Kier molecular flexibility index (Phi) is 6.96. The molecule has 2 unspecified atom stereocenters. The van der Waals surface area contributed by atoms with Crippen LogP contribution in [0.5, 0.6) is 0 Å². The first-order valence-corrected chi connectivity index (χ1v) is 10.4. The summed E-state index contributed by atoms with van der Waals surface area (Å²) >= 11 is 0. The highest BCUT2D eigenvalue weighted by atomic mass is 32.2. The normalized spacial score (nSPS) is 21.0. The van der Waals surface area contributed by atoms with Crippen molar-refractivity contribution in [3.8, 4) is 0 Å². The third-order valence-corrected chi connectivity index (χ3v) is 6.24. The van der Waals surface area contributed by atoms with Crippen LogP contribution in [-0.2, 0) is 19.6 Å². The van der Waals surface area contributed by atoms with Crippen molar-refractivity contribution in [1.29, 1.82) is 0 Å². The summed E-state index contributed by atoms with van der Waals surface area (Å²) in [5.41, 5.74) is 0.324. The Morgan fingerprint density at radius 3 is 2.22 bits per heavy atom. The molecule has 150 valence electrons. The summed E-state index contributed by atoms with van der Waals surface area (Å²) < 4.78 is 32.6. The van der Waals surface area contributed by atoms with Crippen LogP contribution in [0.2, 0.25) is 0 Å². The molecule has 0 aromatic heterocycles. The number of aliphatic carboxylic acids is 1. The number of amides is 1. The van der Waals surface area contributed by atoms with Gasteiger partial charge >= 0.3 is 5.97 Å². The van der Waals surface area contributed by atoms with Gasteiger partial charge in [0.25, 0.3) is 5.91 Å². The molecule has 1 fully saturated rings. The number of carboxylic acids is 1. The molecule has 1 amide bonds. The van der Waals surface area contributed by atoms with E-state index in [1.807, 2.05) is 13.8 Å². The van der Waals surface area contributed by atoms with E-state index in [4.69, 9.17) is 9.84 Å². The van der Waals surface area contributed by atoms with Crippen molar-refractivity contribution in [2.24, 2.45) is 0 Å². The summed E-state index contributed by atoms with van der Waals surface area (Å²) in [7, 11) is -3.67. The lowest BCUT2D eigenvalue weighted by Crippen LogP contribution is -2.48. The zero-order valence-electron chi connectivity index (χ0n) is 15.8. The van der Waals surface area contributed by atoms with Crippen molar-refractivity contribution in [1.82, 2.24) is 9.21 Å². The van der Waals surface area contributed by atoms with Crippen molar-refractivity contribution in [2.45, 2.75) is 44.3 Å². The Balaban J connectivity index is 2.15. The number of hydrogen-bond acceptors (Lipinski definition) is 5. The third kappa shape index (κ3) is 5.27. The van der Waals surface area contributed by atoms with Crippen LogP contribution in [0.1, 0.15) is 37.6 Å². The predicted octanol–water partition coefficient (Wildman–Crippen LogP) is 1.42. The average Bonchev–Trinajstić information content (AvgIpc) is 2.61. The molecular weight excluding hydrogens is 372 g/mol. The second kappa shape index (κ2) is 8.81. The molecule has 1 aromatic carbocycles. The standard InChI is InChI=1S/C18H26N2O6S/c1-4-19(10-9-17(21)22)18(23)15-5-7-16(8-6-15)27(24,25)20-11-13(2)26-14(3)12-20/h5-8,13-14H,4,9-12H2,1-3H3,(H,21,22). The maximum atomic E-state index is 12.8. The number of carbonyl (C=O) groups excluding carboxylic acids is 1. The number of nitrogens with zero attached hydrogens (tertiary/aromatic N) is 2. The van der Waals surface area contributed by atoms with E-state index in [9.17, 15) is 18.0 Å². The van der Waals surface area contributed by atoms with Crippen LogP contribution < -0.4 is 0 Å². The van der Waals surface area contributed by atoms with Crippen LogP contribution in [0, 0.1) is 0 Å². The molecule has 0 aliphatic carbocycles. The van der Waals surface area contributed by atoms with Gasteiger partial charge in [0.05, 0.1) is 23.5 Å². The van der Waals surface area contributed by atoms with Crippen molar-refractivity contribution in [2.75, 3.05) is 26.2 Å². The Morgan fingerprint density at radius 2 is 1.74 bits per heavy atom. The van der Waals surface area contributed by atoms with Gasteiger partial charge in [-0.05, 0) is 45.0 Å². The van der Waals surface area contributed by atoms with Crippen molar-refractivity contribution in [3.63, 3.8) is 0 Å². The van der Waals surface area contributed by atoms with E-state index in [2.05, 4.69) is 0 Å². The first-order valence-electron chi connectivity index (χ1n) is 8.92. The van der Waals surface area contributed by atoms with Crippen molar-refractivity contribution in [3.05, 3.63) is 29.8 Å².